The standard InChI is InChI=1S/2C11H8N.C4H5NO2.ClH.Pd/c2*1-2-6-10(7-3-1)11-8-4-5-9-12-11;6-3-1-2-4(7)5-3;;/h2*1-6,8-9H;1-2H2,(H,5,6,7);1H;/q2*-1;;;+2/p-2. The van der Waals surface area contributed by atoms with Crippen LogP contribution in [-0.2, 0) is 23.0 Å². The summed E-state index contributed by atoms with van der Waals surface area (Å²) in [6.07, 6.45) is 4.21. The van der Waals surface area contributed by atoms with Crippen molar-refractivity contribution in [1.29, 1.82) is 0 Å². The summed E-state index contributed by atoms with van der Waals surface area (Å²) < 4.78 is 0. The van der Waals surface area contributed by atoms with E-state index in [-0.39, 0.29) is 11.8 Å². The maximum atomic E-state index is 10.1. The number of hydrogen-bond donors (Lipinski definition) is 0. The molecule has 0 aliphatic carbocycles. The smallest absolute Gasteiger partial charge is 0.0160 e. The van der Waals surface area contributed by atoms with Gasteiger partial charge in [0.25, 0.3) is 0 Å². The van der Waals surface area contributed by atoms with Crippen LogP contribution in [0.3, 0.4) is 0 Å². The SMILES string of the molecule is O=C1CCC([O-])=N1.[Cl][Pd+].[c-]1ccccc1-c1ccccn1.[c-]1ccccc1-c1ccccn1. The van der Waals surface area contributed by atoms with Crippen LogP contribution in [0.5, 0.6) is 0 Å². The van der Waals surface area contributed by atoms with E-state index in [0.717, 1.165) is 22.5 Å². The summed E-state index contributed by atoms with van der Waals surface area (Å²) in [4.78, 5) is 21.6. The molecule has 2 aromatic carbocycles. The number of carbonyl (C=O) groups excluding carboxylic acids is 1. The Labute approximate surface area is 208 Å². The Balaban J connectivity index is 0.000000174. The molecule has 2 aromatic heterocycles. The average molecular weight is 548 g/mol. The minimum atomic E-state index is -0.273. The van der Waals surface area contributed by atoms with Crippen molar-refractivity contribution >= 4 is 21.3 Å². The third-order valence-corrected chi connectivity index (χ3v) is 4.10. The molecule has 0 saturated heterocycles. The monoisotopic (exact) mass is 547 g/mol. The van der Waals surface area contributed by atoms with E-state index < -0.39 is 0 Å². The molecule has 33 heavy (non-hydrogen) atoms. The first-order chi connectivity index (χ1) is 16.2. The number of nitrogens with zero attached hydrogens (tertiary/aromatic N) is 3. The van der Waals surface area contributed by atoms with Gasteiger partial charge in [-0.25, -0.2) is 4.99 Å². The number of aromatic nitrogens is 2. The van der Waals surface area contributed by atoms with Crippen molar-refractivity contribution in [3.63, 3.8) is 0 Å². The molecule has 5 nitrogen and oxygen atoms in total. The van der Waals surface area contributed by atoms with Crippen LogP contribution < -0.4 is 5.11 Å². The Morgan fingerprint density at radius 2 is 1.21 bits per heavy atom. The molecule has 1 aliphatic heterocycles. The molecule has 170 valence electrons. The Hall–Kier alpha value is -3.17. The molecule has 0 N–H and O–H groups in total. The summed E-state index contributed by atoms with van der Waals surface area (Å²) in [5.41, 5.74) is 4.02. The molecule has 0 spiro atoms. The van der Waals surface area contributed by atoms with E-state index in [1.54, 1.807) is 12.4 Å². The first kappa shape index (κ1) is 26.1. The molecule has 0 saturated carbocycles. The normalized spacial score (nSPS) is 11.5. The first-order valence-corrected chi connectivity index (χ1v) is 11.9. The van der Waals surface area contributed by atoms with Gasteiger partial charge in [0.15, 0.2) is 0 Å². The van der Waals surface area contributed by atoms with Gasteiger partial charge in [0.05, 0.1) is 0 Å². The van der Waals surface area contributed by atoms with Gasteiger partial charge in [-0.2, -0.15) is 0 Å². The van der Waals surface area contributed by atoms with E-state index in [0.29, 0.717) is 12.8 Å². The van der Waals surface area contributed by atoms with Crippen molar-refractivity contribution in [3.05, 3.63) is 109 Å². The van der Waals surface area contributed by atoms with Crippen molar-refractivity contribution in [3.8, 4) is 22.5 Å². The van der Waals surface area contributed by atoms with E-state index in [1.165, 1.54) is 0 Å². The molecule has 0 atom stereocenters. The van der Waals surface area contributed by atoms with Gasteiger partial charge in [-0.15, -0.1) is 71.8 Å². The van der Waals surface area contributed by atoms with Gasteiger partial charge in [-0.3, -0.25) is 4.79 Å². The molecule has 5 rings (SSSR count). The molecule has 4 aromatic rings. The van der Waals surface area contributed by atoms with Gasteiger partial charge in [0.1, 0.15) is 0 Å². The van der Waals surface area contributed by atoms with Crippen molar-refractivity contribution in [2.45, 2.75) is 12.8 Å². The number of carbonyl (C=O) groups is 1. The predicted molar refractivity (Wildman–Crippen MR) is 125 cm³/mol. The number of aliphatic imine (C=N–C) groups is 1. The van der Waals surface area contributed by atoms with Crippen molar-refractivity contribution in [2.24, 2.45) is 4.99 Å². The minimum Gasteiger partial charge on any atom is -0.305 e. The average Bonchev–Trinajstić information content (AvgIpc) is 3.30. The Kier molecular flexibility index (Phi) is 12.3. The fourth-order valence-electron chi connectivity index (χ4n) is 2.61. The van der Waals surface area contributed by atoms with Gasteiger partial charge < -0.3 is 15.1 Å². The van der Waals surface area contributed by atoms with Crippen LogP contribution in [0.1, 0.15) is 12.8 Å². The summed E-state index contributed by atoms with van der Waals surface area (Å²) in [5.74, 6) is -0.546. The number of rotatable bonds is 2. The van der Waals surface area contributed by atoms with Crippen LogP contribution in [-0.4, -0.2) is 21.8 Å². The summed E-state index contributed by atoms with van der Waals surface area (Å²) >= 11 is 2.22. The molecule has 0 radical (unpaired) electrons. The second-order valence-electron chi connectivity index (χ2n) is 6.38. The van der Waals surface area contributed by atoms with Crippen LogP contribution in [0.2, 0.25) is 0 Å². The van der Waals surface area contributed by atoms with Gasteiger partial charge in [-0.05, 0) is 35.8 Å². The van der Waals surface area contributed by atoms with Gasteiger partial charge in [0.2, 0.25) is 5.91 Å². The number of pyridine rings is 2. The molecule has 1 aliphatic rings. The zero-order chi connectivity index (χ0) is 23.7. The number of hydrogen-bond acceptors (Lipinski definition) is 4. The van der Waals surface area contributed by atoms with Crippen LogP contribution in [0.15, 0.2) is 102 Å². The summed E-state index contributed by atoms with van der Waals surface area (Å²) in [5, 5.41) is 10.1. The Morgan fingerprint density at radius 1 is 0.727 bits per heavy atom. The number of halogens is 1. The van der Waals surface area contributed by atoms with Gasteiger partial charge in [0, 0.05) is 18.8 Å². The van der Waals surface area contributed by atoms with Gasteiger partial charge in [-0.1, -0.05) is 24.3 Å². The van der Waals surface area contributed by atoms with Crippen LogP contribution in [0.25, 0.3) is 22.5 Å². The summed E-state index contributed by atoms with van der Waals surface area (Å²) in [6, 6.07) is 33.6. The Morgan fingerprint density at radius 3 is 1.48 bits per heavy atom. The van der Waals surface area contributed by atoms with E-state index in [1.807, 2.05) is 84.9 Å². The van der Waals surface area contributed by atoms with Crippen LogP contribution >= 0.6 is 9.53 Å². The fourth-order valence-corrected chi connectivity index (χ4v) is 2.61. The van der Waals surface area contributed by atoms with Gasteiger partial charge >= 0.3 is 27.7 Å². The molecule has 0 bridgehead atoms. The molecule has 0 unspecified atom stereocenters. The minimum absolute atomic E-state index is 0.273. The molecule has 3 heterocycles. The number of benzene rings is 2. The quantitative estimate of drug-likeness (QED) is 0.265. The molecular formula is C26H20ClN3O2Pd-2. The zero-order valence-electron chi connectivity index (χ0n) is 17.5. The van der Waals surface area contributed by atoms with Crippen LogP contribution in [0.4, 0.5) is 0 Å². The molecule has 7 heteroatoms. The number of amides is 1. The second-order valence-corrected chi connectivity index (χ2v) is 6.38. The maximum Gasteiger partial charge on any atom is 0.0160 e. The summed E-state index contributed by atoms with van der Waals surface area (Å²) in [6.45, 7) is 0. The van der Waals surface area contributed by atoms with E-state index in [2.05, 4.69) is 54.8 Å². The fraction of sp³-hybridized carbons (Fsp3) is 0.0769. The third-order valence-electron chi connectivity index (χ3n) is 4.10. The topological polar surface area (TPSA) is 78.3 Å². The Bertz CT molecular complexity index is 947. The van der Waals surface area contributed by atoms with Crippen LogP contribution in [0, 0.1) is 12.1 Å². The molecular weight excluding hydrogens is 528 g/mol. The third kappa shape index (κ3) is 9.88. The van der Waals surface area contributed by atoms with Crippen molar-refractivity contribution in [2.75, 3.05) is 0 Å². The van der Waals surface area contributed by atoms with E-state index in [9.17, 15) is 9.90 Å². The first-order valence-electron chi connectivity index (χ1n) is 9.88. The van der Waals surface area contributed by atoms with E-state index in [4.69, 9.17) is 0 Å². The second kappa shape index (κ2) is 15.6. The molecule has 1 amide bonds. The van der Waals surface area contributed by atoms with E-state index >= 15 is 0 Å². The predicted octanol–water partition coefficient (Wildman–Crippen LogP) is 4.85. The van der Waals surface area contributed by atoms with Crippen molar-refractivity contribution in [1.82, 2.24) is 9.97 Å². The molecule has 0 fully saturated rings. The maximum absolute atomic E-state index is 10.1. The summed E-state index contributed by atoms with van der Waals surface area (Å²) in [7, 11) is 4.49. The largest absolute Gasteiger partial charge is 0.305 e. The van der Waals surface area contributed by atoms with Crippen molar-refractivity contribution < 1.29 is 28.1 Å². The zero-order valence-corrected chi connectivity index (χ0v) is 19.8.